The van der Waals surface area contributed by atoms with Gasteiger partial charge in [0, 0.05) is 18.9 Å². The molecule has 10 heteroatoms. The normalized spacial score (nSPS) is 10.5. The number of aromatic nitrogens is 4. The van der Waals surface area contributed by atoms with Crippen LogP contribution < -0.4 is 10.1 Å². The second-order valence-electron chi connectivity index (χ2n) is 5.66. The number of rotatable bonds is 7. The molecule has 1 amide bonds. The maximum Gasteiger partial charge on any atom is 0.360 e. The lowest BCUT2D eigenvalue weighted by Crippen LogP contribution is -2.16. The molecule has 146 valence electrons. The van der Waals surface area contributed by atoms with E-state index in [1.807, 2.05) is 6.92 Å². The first-order valence-corrected chi connectivity index (χ1v) is 8.39. The lowest BCUT2D eigenvalue weighted by atomic mass is 10.3. The number of amides is 1. The van der Waals surface area contributed by atoms with Crippen molar-refractivity contribution in [2.24, 2.45) is 0 Å². The van der Waals surface area contributed by atoms with Crippen LogP contribution in [-0.2, 0) is 18.0 Å². The fraction of sp³-hybridized carbons (Fsp3) is 0.222. The van der Waals surface area contributed by atoms with Crippen LogP contribution in [-0.4, -0.2) is 38.5 Å². The van der Waals surface area contributed by atoms with Crippen LogP contribution in [0.3, 0.4) is 0 Å². The lowest BCUT2D eigenvalue weighted by Gasteiger charge is -2.06. The van der Waals surface area contributed by atoms with Gasteiger partial charge in [-0.1, -0.05) is 0 Å². The Balaban J connectivity index is 1.66. The van der Waals surface area contributed by atoms with Crippen molar-refractivity contribution in [2.45, 2.75) is 20.2 Å². The average Bonchev–Trinajstić information content (AvgIpc) is 3.34. The molecule has 9 nitrogen and oxygen atoms in total. The Morgan fingerprint density at radius 2 is 1.89 bits per heavy atom. The summed E-state index contributed by atoms with van der Waals surface area (Å²) in [7, 11) is 1.24. The van der Waals surface area contributed by atoms with E-state index in [-0.39, 0.29) is 29.6 Å². The van der Waals surface area contributed by atoms with E-state index in [0.29, 0.717) is 12.3 Å². The van der Waals surface area contributed by atoms with Crippen LogP contribution in [0, 0.1) is 5.82 Å². The number of aryl methyl sites for hydroxylation is 1. The Labute approximate surface area is 159 Å². The summed E-state index contributed by atoms with van der Waals surface area (Å²) in [5.74, 6) is -1.05. The van der Waals surface area contributed by atoms with E-state index >= 15 is 0 Å². The van der Waals surface area contributed by atoms with Crippen LogP contribution in [0.25, 0.3) is 0 Å². The van der Waals surface area contributed by atoms with Gasteiger partial charge in [-0.25, -0.2) is 13.9 Å². The van der Waals surface area contributed by atoms with Gasteiger partial charge < -0.3 is 14.8 Å². The molecule has 3 aromatic rings. The number of nitrogens with one attached hydrogen (secondary N) is 1. The third-order valence-corrected chi connectivity index (χ3v) is 3.76. The van der Waals surface area contributed by atoms with Gasteiger partial charge in [-0.2, -0.15) is 10.2 Å². The van der Waals surface area contributed by atoms with Crippen LogP contribution in [0.1, 0.15) is 27.9 Å². The highest BCUT2D eigenvalue weighted by Crippen LogP contribution is 2.16. The van der Waals surface area contributed by atoms with Gasteiger partial charge in [0.25, 0.3) is 5.91 Å². The van der Waals surface area contributed by atoms with E-state index in [1.54, 1.807) is 12.4 Å². The summed E-state index contributed by atoms with van der Waals surface area (Å²) in [5, 5.41) is 10.8. The number of nitrogens with zero attached hydrogens (tertiary/aromatic N) is 4. The minimum absolute atomic E-state index is 0.0109. The van der Waals surface area contributed by atoms with Gasteiger partial charge in [0.1, 0.15) is 11.6 Å². The smallest absolute Gasteiger partial charge is 0.360 e. The third kappa shape index (κ3) is 4.34. The molecule has 0 aliphatic rings. The molecule has 0 atom stereocenters. The van der Waals surface area contributed by atoms with Gasteiger partial charge in [0.05, 0.1) is 12.8 Å². The van der Waals surface area contributed by atoms with E-state index in [2.05, 4.69) is 20.3 Å². The van der Waals surface area contributed by atoms with Crippen molar-refractivity contribution in [1.82, 2.24) is 19.6 Å². The SMILES string of the molecule is CCn1cc(NC(=O)c2ccn(COc3ccc(F)cc3)n2)c(C(=O)OC)n1. The molecule has 2 heterocycles. The molecular weight excluding hydrogens is 369 g/mol. The average molecular weight is 387 g/mol. The molecule has 0 saturated heterocycles. The molecule has 2 aromatic heterocycles. The highest BCUT2D eigenvalue weighted by Gasteiger charge is 2.20. The first-order valence-electron chi connectivity index (χ1n) is 8.39. The molecule has 0 aliphatic carbocycles. The molecule has 0 saturated carbocycles. The summed E-state index contributed by atoms with van der Waals surface area (Å²) in [4.78, 5) is 24.3. The summed E-state index contributed by atoms with van der Waals surface area (Å²) in [5.41, 5.74) is 0.371. The Bertz CT molecular complexity index is 980. The number of benzene rings is 1. The van der Waals surface area contributed by atoms with Gasteiger partial charge in [0.15, 0.2) is 18.1 Å². The van der Waals surface area contributed by atoms with Crippen molar-refractivity contribution in [1.29, 1.82) is 0 Å². The zero-order valence-electron chi connectivity index (χ0n) is 15.3. The molecule has 1 N–H and O–H groups in total. The maximum absolute atomic E-state index is 12.9. The molecule has 3 rings (SSSR count). The number of carbonyl (C=O) groups is 2. The van der Waals surface area contributed by atoms with Gasteiger partial charge in [0.2, 0.25) is 0 Å². The first-order chi connectivity index (χ1) is 13.5. The monoisotopic (exact) mass is 387 g/mol. The molecule has 0 fully saturated rings. The molecular formula is C18H18FN5O4. The topological polar surface area (TPSA) is 100 Å². The van der Waals surface area contributed by atoms with Crippen molar-refractivity contribution in [3.05, 3.63) is 59.9 Å². The molecule has 0 aliphatic heterocycles. The van der Waals surface area contributed by atoms with E-state index in [4.69, 9.17) is 4.74 Å². The molecule has 1 aromatic carbocycles. The number of halogens is 1. The van der Waals surface area contributed by atoms with Crippen molar-refractivity contribution >= 4 is 17.6 Å². The number of hydrogen-bond acceptors (Lipinski definition) is 6. The molecule has 0 bridgehead atoms. The number of carbonyl (C=O) groups excluding carboxylic acids is 2. The summed E-state index contributed by atoms with van der Waals surface area (Å²) >= 11 is 0. The van der Waals surface area contributed by atoms with Gasteiger partial charge in [-0.05, 0) is 37.3 Å². The minimum atomic E-state index is -0.652. The van der Waals surface area contributed by atoms with Gasteiger partial charge in [-0.3, -0.25) is 9.48 Å². The summed E-state index contributed by atoms with van der Waals surface area (Å²) in [6, 6.07) is 7.06. The Morgan fingerprint density at radius 1 is 1.14 bits per heavy atom. The van der Waals surface area contributed by atoms with Crippen LogP contribution in [0.4, 0.5) is 10.1 Å². The zero-order chi connectivity index (χ0) is 20.1. The van der Waals surface area contributed by atoms with E-state index in [1.165, 1.54) is 46.8 Å². The Kier molecular flexibility index (Phi) is 5.68. The Morgan fingerprint density at radius 3 is 2.57 bits per heavy atom. The van der Waals surface area contributed by atoms with Crippen LogP contribution in [0.15, 0.2) is 42.7 Å². The molecule has 0 unspecified atom stereocenters. The predicted molar refractivity (Wildman–Crippen MR) is 96.4 cm³/mol. The van der Waals surface area contributed by atoms with Crippen molar-refractivity contribution in [2.75, 3.05) is 12.4 Å². The van der Waals surface area contributed by atoms with Gasteiger partial charge >= 0.3 is 5.97 Å². The number of methoxy groups -OCH3 is 1. The quantitative estimate of drug-likeness (QED) is 0.625. The van der Waals surface area contributed by atoms with E-state index in [9.17, 15) is 14.0 Å². The maximum atomic E-state index is 12.9. The molecule has 28 heavy (non-hydrogen) atoms. The fourth-order valence-electron chi connectivity index (χ4n) is 2.33. The highest BCUT2D eigenvalue weighted by atomic mass is 19.1. The lowest BCUT2D eigenvalue weighted by molar-refractivity contribution is 0.0594. The highest BCUT2D eigenvalue weighted by molar-refractivity contribution is 6.06. The Hall–Kier alpha value is -3.69. The van der Waals surface area contributed by atoms with E-state index in [0.717, 1.165) is 0 Å². The number of ether oxygens (including phenoxy) is 2. The molecule has 0 radical (unpaired) electrons. The predicted octanol–water partition coefficient (Wildman–Crippen LogP) is 2.31. The summed E-state index contributed by atoms with van der Waals surface area (Å²) in [6.07, 6.45) is 3.11. The largest absolute Gasteiger partial charge is 0.471 e. The number of anilines is 1. The second-order valence-corrected chi connectivity index (χ2v) is 5.66. The fourth-order valence-corrected chi connectivity index (χ4v) is 2.33. The number of esters is 1. The first kappa shape index (κ1) is 19.1. The van der Waals surface area contributed by atoms with Gasteiger partial charge in [-0.15, -0.1) is 0 Å². The van der Waals surface area contributed by atoms with Crippen molar-refractivity contribution < 1.29 is 23.5 Å². The van der Waals surface area contributed by atoms with Crippen molar-refractivity contribution in [3.8, 4) is 5.75 Å². The molecule has 0 spiro atoms. The second kappa shape index (κ2) is 8.33. The van der Waals surface area contributed by atoms with Crippen molar-refractivity contribution in [3.63, 3.8) is 0 Å². The number of hydrogen-bond donors (Lipinski definition) is 1. The van der Waals surface area contributed by atoms with E-state index < -0.39 is 11.9 Å². The summed E-state index contributed by atoms with van der Waals surface area (Å²) in [6.45, 7) is 2.41. The van der Waals surface area contributed by atoms with Crippen LogP contribution >= 0.6 is 0 Å². The van der Waals surface area contributed by atoms with Crippen LogP contribution in [0.5, 0.6) is 5.75 Å². The van der Waals surface area contributed by atoms with Crippen LogP contribution in [0.2, 0.25) is 0 Å². The minimum Gasteiger partial charge on any atom is -0.471 e. The third-order valence-electron chi connectivity index (χ3n) is 3.76. The summed E-state index contributed by atoms with van der Waals surface area (Å²) < 4.78 is 26.0. The zero-order valence-corrected chi connectivity index (χ0v) is 15.3. The standard InChI is InChI=1S/C18H18FN5O4/c1-3-23-10-15(16(22-23)18(26)27-2)20-17(25)14-8-9-24(21-14)11-28-13-6-4-12(19)5-7-13/h4-10H,3,11H2,1-2H3,(H,20,25).